The number of nitrogens with one attached hydrogen (secondary N) is 1. The van der Waals surface area contributed by atoms with E-state index in [9.17, 15) is 4.79 Å². The maximum atomic E-state index is 12.6. The average molecular weight is 377 g/mol. The average Bonchev–Trinajstić information content (AvgIpc) is 3.11. The molecule has 1 aliphatic rings. The zero-order valence-corrected chi connectivity index (χ0v) is 15.3. The number of hydrogen-bond acceptors (Lipinski definition) is 3. The van der Waals surface area contributed by atoms with E-state index in [4.69, 9.17) is 27.9 Å². The minimum absolute atomic E-state index is 0.288. The summed E-state index contributed by atoms with van der Waals surface area (Å²) in [6.07, 6.45) is 9.62. The molecule has 0 bridgehead atoms. The van der Waals surface area contributed by atoms with E-state index in [1.807, 2.05) is 6.07 Å². The second-order valence-corrected chi connectivity index (χ2v) is 6.71. The summed E-state index contributed by atoms with van der Waals surface area (Å²) in [6, 6.07) is 5.34. The van der Waals surface area contributed by atoms with Crippen LogP contribution in [-0.4, -0.2) is 18.0 Å². The zero-order chi connectivity index (χ0) is 17.8. The molecular weight excluding hydrogens is 359 g/mol. The van der Waals surface area contributed by atoms with Crippen LogP contribution in [0.1, 0.15) is 41.6 Å². The van der Waals surface area contributed by atoms with E-state index in [2.05, 4.69) is 16.4 Å². The molecule has 6 heteroatoms. The lowest BCUT2D eigenvalue weighted by Gasteiger charge is -2.11. The molecule has 0 radical (unpaired) electrons. The highest BCUT2D eigenvalue weighted by Crippen LogP contribution is 2.31. The molecule has 1 heterocycles. The molecule has 1 N–H and O–H groups in total. The lowest BCUT2D eigenvalue weighted by atomic mass is 10.0. The van der Waals surface area contributed by atoms with Crippen molar-refractivity contribution in [2.24, 2.45) is 0 Å². The van der Waals surface area contributed by atoms with Gasteiger partial charge in [-0.25, -0.2) is 0 Å². The van der Waals surface area contributed by atoms with Gasteiger partial charge in [0.25, 0.3) is 5.91 Å². The minimum atomic E-state index is -0.288. The lowest BCUT2D eigenvalue weighted by molar-refractivity contribution is 0.102. The molecule has 4 nitrogen and oxygen atoms in total. The molecule has 130 valence electrons. The third-order valence-electron chi connectivity index (χ3n) is 4.19. The van der Waals surface area contributed by atoms with E-state index in [1.54, 1.807) is 19.2 Å². The summed E-state index contributed by atoms with van der Waals surface area (Å²) in [4.78, 5) is 16.5. The Morgan fingerprint density at radius 1 is 1.20 bits per heavy atom. The number of aromatic nitrogens is 1. The number of benzene rings is 1. The van der Waals surface area contributed by atoms with Gasteiger partial charge in [0.2, 0.25) is 0 Å². The van der Waals surface area contributed by atoms with Crippen LogP contribution in [0.3, 0.4) is 0 Å². The molecule has 1 aromatic heterocycles. The second kappa shape index (κ2) is 7.89. The number of ether oxygens (including phenoxy) is 1. The van der Waals surface area contributed by atoms with Crippen LogP contribution < -0.4 is 10.1 Å². The molecule has 25 heavy (non-hydrogen) atoms. The van der Waals surface area contributed by atoms with Crippen molar-refractivity contribution in [2.45, 2.75) is 25.7 Å². The zero-order valence-electron chi connectivity index (χ0n) is 13.8. The number of anilines is 1. The SMILES string of the molecule is COc1ccc(C(=O)Nc2c(Cl)cncc2Cl)cc1C=C1CCCC1. The van der Waals surface area contributed by atoms with Crippen molar-refractivity contribution in [1.29, 1.82) is 0 Å². The first kappa shape index (κ1) is 17.8. The first-order valence-corrected chi connectivity index (χ1v) is 8.82. The summed E-state index contributed by atoms with van der Waals surface area (Å²) in [5.74, 6) is 0.458. The number of methoxy groups -OCH3 is 1. The molecule has 0 unspecified atom stereocenters. The molecule has 1 aromatic carbocycles. The van der Waals surface area contributed by atoms with Gasteiger partial charge in [-0.1, -0.05) is 34.9 Å². The highest BCUT2D eigenvalue weighted by atomic mass is 35.5. The summed E-state index contributed by atoms with van der Waals surface area (Å²) in [5.41, 5.74) is 3.15. The summed E-state index contributed by atoms with van der Waals surface area (Å²) in [5, 5.41) is 3.34. The van der Waals surface area contributed by atoms with Gasteiger partial charge < -0.3 is 10.1 Å². The smallest absolute Gasteiger partial charge is 0.255 e. The van der Waals surface area contributed by atoms with E-state index in [-0.39, 0.29) is 5.91 Å². The van der Waals surface area contributed by atoms with Crippen molar-refractivity contribution >= 4 is 40.9 Å². The van der Waals surface area contributed by atoms with Crippen molar-refractivity contribution in [3.05, 3.63) is 57.3 Å². The van der Waals surface area contributed by atoms with Crippen LogP contribution in [0.2, 0.25) is 10.0 Å². The molecule has 1 aliphatic carbocycles. The lowest BCUT2D eigenvalue weighted by Crippen LogP contribution is -2.13. The minimum Gasteiger partial charge on any atom is -0.496 e. The van der Waals surface area contributed by atoms with Crippen LogP contribution in [0.5, 0.6) is 5.75 Å². The standard InChI is InChI=1S/C19H18Cl2N2O2/c1-25-17-7-6-13(9-14(17)8-12-4-2-3-5-12)19(24)23-18-15(20)10-22-11-16(18)21/h6-11H,2-5H2,1H3,(H,22,23,24). The first-order valence-electron chi connectivity index (χ1n) is 8.06. The van der Waals surface area contributed by atoms with Gasteiger partial charge in [-0.05, 0) is 43.9 Å². The van der Waals surface area contributed by atoms with Crippen LogP contribution in [0.4, 0.5) is 5.69 Å². The normalized spacial score (nSPS) is 13.6. The summed E-state index contributed by atoms with van der Waals surface area (Å²) < 4.78 is 5.42. The number of carbonyl (C=O) groups excluding carboxylic acids is 1. The summed E-state index contributed by atoms with van der Waals surface area (Å²) in [6.45, 7) is 0. The number of halogens is 2. The Morgan fingerprint density at radius 3 is 2.52 bits per heavy atom. The summed E-state index contributed by atoms with van der Waals surface area (Å²) >= 11 is 12.1. The Bertz CT molecular complexity index is 806. The van der Waals surface area contributed by atoms with Gasteiger partial charge in [-0.3, -0.25) is 9.78 Å². The van der Waals surface area contributed by atoms with Gasteiger partial charge in [-0.15, -0.1) is 0 Å². The van der Waals surface area contributed by atoms with Gasteiger partial charge >= 0.3 is 0 Å². The Hall–Kier alpha value is -2.04. The Kier molecular flexibility index (Phi) is 5.61. The molecule has 0 atom stereocenters. The van der Waals surface area contributed by atoms with Crippen LogP contribution >= 0.6 is 23.2 Å². The van der Waals surface area contributed by atoms with Crippen LogP contribution in [0.15, 0.2) is 36.2 Å². The van der Waals surface area contributed by atoms with Crippen molar-refractivity contribution in [3.8, 4) is 5.75 Å². The third-order valence-corrected chi connectivity index (χ3v) is 4.76. The highest BCUT2D eigenvalue weighted by Gasteiger charge is 2.14. The molecular formula is C19H18Cl2N2O2. The van der Waals surface area contributed by atoms with Crippen molar-refractivity contribution < 1.29 is 9.53 Å². The molecule has 1 saturated carbocycles. The van der Waals surface area contributed by atoms with Gasteiger partial charge in [0.1, 0.15) is 5.75 Å². The third kappa shape index (κ3) is 4.14. The van der Waals surface area contributed by atoms with E-state index < -0.39 is 0 Å². The van der Waals surface area contributed by atoms with Crippen molar-refractivity contribution in [3.63, 3.8) is 0 Å². The second-order valence-electron chi connectivity index (χ2n) is 5.90. The molecule has 1 fully saturated rings. The number of rotatable bonds is 4. The van der Waals surface area contributed by atoms with E-state index in [1.165, 1.54) is 30.8 Å². The van der Waals surface area contributed by atoms with Crippen LogP contribution in [-0.2, 0) is 0 Å². The molecule has 3 rings (SSSR count). The number of nitrogens with zero attached hydrogens (tertiary/aromatic N) is 1. The van der Waals surface area contributed by atoms with Gasteiger partial charge in [-0.2, -0.15) is 0 Å². The topological polar surface area (TPSA) is 51.2 Å². The van der Waals surface area contributed by atoms with Gasteiger partial charge in [0, 0.05) is 23.5 Å². The number of carbonyl (C=O) groups is 1. The predicted molar refractivity (Wildman–Crippen MR) is 102 cm³/mol. The van der Waals surface area contributed by atoms with E-state index in [0.29, 0.717) is 21.3 Å². The molecule has 0 spiro atoms. The van der Waals surface area contributed by atoms with E-state index in [0.717, 1.165) is 24.2 Å². The van der Waals surface area contributed by atoms with Crippen molar-refractivity contribution in [1.82, 2.24) is 4.98 Å². The monoisotopic (exact) mass is 376 g/mol. The Labute approximate surface area is 156 Å². The fraction of sp³-hybridized carbons (Fsp3) is 0.263. The quantitative estimate of drug-likeness (QED) is 0.754. The van der Waals surface area contributed by atoms with E-state index >= 15 is 0 Å². The number of hydrogen-bond donors (Lipinski definition) is 1. The fourth-order valence-corrected chi connectivity index (χ4v) is 3.36. The van der Waals surface area contributed by atoms with Gasteiger partial charge in [0.05, 0.1) is 22.8 Å². The number of allylic oxidation sites excluding steroid dienone is 1. The van der Waals surface area contributed by atoms with Gasteiger partial charge in [0.15, 0.2) is 0 Å². The predicted octanol–water partition coefficient (Wildman–Crippen LogP) is 5.61. The highest BCUT2D eigenvalue weighted by molar-refractivity contribution is 6.39. The van der Waals surface area contributed by atoms with Crippen molar-refractivity contribution in [2.75, 3.05) is 12.4 Å². The molecule has 2 aromatic rings. The molecule has 0 saturated heterocycles. The van der Waals surface area contributed by atoms with Crippen LogP contribution in [0, 0.1) is 0 Å². The summed E-state index contributed by atoms with van der Waals surface area (Å²) in [7, 11) is 1.63. The fourth-order valence-electron chi connectivity index (χ4n) is 2.90. The number of pyridine rings is 1. The van der Waals surface area contributed by atoms with Crippen LogP contribution in [0.25, 0.3) is 6.08 Å². The maximum absolute atomic E-state index is 12.6. The Balaban J connectivity index is 1.89. The first-order chi connectivity index (χ1) is 12.1. The molecule has 0 aliphatic heterocycles. The number of amides is 1. The maximum Gasteiger partial charge on any atom is 0.255 e. The Morgan fingerprint density at radius 2 is 1.88 bits per heavy atom. The molecule has 1 amide bonds. The largest absolute Gasteiger partial charge is 0.496 e.